The van der Waals surface area contributed by atoms with E-state index in [0.717, 1.165) is 12.1 Å². The van der Waals surface area contributed by atoms with Crippen molar-refractivity contribution in [3.8, 4) is 0 Å². The Kier molecular flexibility index (Phi) is 4.51. The molecule has 17 heavy (non-hydrogen) atoms. The Morgan fingerprint density at radius 3 is 2.76 bits per heavy atom. The summed E-state index contributed by atoms with van der Waals surface area (Å²) in [5.74, 6) is -0.162. The summed E-state index contributed by atoms with van der Waals surface area (Å²) in [7, 11) is 2.18. The molecule has 94 valence electrons. The third-order valence-electron chi connectivity index (χ3n) is 3.46. The molecule has 1 aromatic rings. The van der Waals surface area contributed by atoms with Gasteiger partial charge in [0.25, 0.3) is 0 Å². The summed E-state index contributed by atoms with van der Waals surface area (Å²) in [5, 5.41) is 3.57. The van der Waals surface area contributed by atoms with Crippen LogP contribution in [0.15, 0.2) is 24.3 Å². The van der Waals surface area contributed by atoms with Crippen molar-refractivity contribution in [1.29, 1.82) is 0 Å². The molecular weight excluding hydrogens is 215 g/mol. The van der Waals surface area contributed by atoms with Crippen molar-refractivity contribution in [1.82, 2.24) is 10.2 Å². The molecule has 0 spiro atoms. The molecular formula is C14H21FN2. The largest absolute Gasteiger partial charge is 0.310 e. The zero-order valence-electron chi connectivity index (χ0n) is 10.5. The van der Waals surface area contributed by atoms with E-state index in [4.69, 9.17) is 0 Å². The third kappa shape index (κ3) is 4.10. The number of rotatable bonds is 3. The molecule has 1 aliphatic rings. The van der Waals surface area contributed by atoms with E-state index in [1.165, 1.54) is 44.5 Å². The minimum Gasteiger partial charge on any atom is -0.310 e. The van der Waals surface area contributed by atoms with Crippen molar-refractivity contribution >= 4 is 0 Å². The van der Waals surface area contributed by atoms with Crippen LogP contribution in [0, 0.1) is 5.82 Å². The van der Waals surface area contributed by atoms with Crippen molar-refractivity contribution in [3.05, 3.63) is 35.6 Å². The number of nitrogens with one attached hydrogen (secondary N) is 1. The van der Waals surface area contributed by atoms with Gasteiger partial charge in [0.2, 0.25) is 0 Å². The van der Waals surface area contributed by atoms with Gasteiger partial charge in [0.05, 0.1) is 0 Å². The van der Waals surface area contributed by atoms with Gasteiger partial charge in [-0.05, 0) is 57.1 Å². The van der Waals surface area contributed by atoms with Gasteiger partial charge in [-0.3, -0.25) is 0 Å². The lowest BCUT2D eigenvalue weighted by Crippen LogP contribution is -2.29. The molecule has 0 amide bonds. The lowest BCUT2D eigenvalue weighted by Gasteiger charge is -2.16. The van der Waals surface area contributed by atoms with Gasteiger partial charge < -0.3 is 10.2 Å². The fourth-order valence-corrected chi connectivity index (χ4v) is 2.31. The van der Waals surface area contributed by atoms with Crippen LogP contribution in [0.4, 0.5) is 4.39 Å². The number of likely N-dealkylation sites (tertiary alicyclic amines) is 1. The lowest BCUT2D eigenvalue weighted by molar-refractivity contribution is 0.343. The van der Waals surface area contributed by atoms with Gasteiger partial charge in [0, 0.05) is 12.6 Å². The zero-order chi connectivity index (χ0) is 12.1. The smallest absolute Gasteiger partial charge is 0.123 e. The number of hydrogen-bond donors (Lipinski definition) is 1. The second-order valence-electron chi connectivity index (χ2n) is 4.94. The first-order valence-corrected chi connectivity index (χ1v) is 6.40. The van der Waals surface area contributed by atoms with Crippen LogP contribution < -0.4 is 5.32 Å². The standard InChI is InChI=1S/C14H21FN2/c1-17-9-2-3-14(8-10-17)16-11-12-4-6-13(15)7-5-12/h4-7,14,16H,2-3,8-11H2,1H3/t14-/m1/s1. The minimum absolute atomic E-state index is 0.162. The number of nitrogens with zero attached hydrogens (tertiary/aromatic N) is 1. The summed E-state index contributed by atoms with van der Waals surface area (Å²) in [4.78, 5) is 2.39. The van der Waals surface area contributed by atoms with E-state index in [1.54, 1.807) is 0 Å². The quantitative estimate of drug-likeness (QED) is 0.867. The topological polar surface area (TPSA) is 15.3 Å². The average molecular weight is 236 g/mol. The first-order chi connectivity index (χ1) is 8.24. The molecule has 1 N–H and O–H groups in total. The molecule has 0 bridgehead atoms. The monoisotopic (exact) mass is 236 g/mol. The Bertz CT molecular complexity index is 337. The van der Waals surface area contributed by atoms with E-state index >= 15 is 0 Å². The number of hydrogen-bond acceptors (Lipinski definition) is 2. The van der Waals surface area contributed by atoms with Gasteiger partial charge >= 0.3 is 0 Å². The van der Waals surface area contributed by atoms with Crippen molar-refractivity contribution in [2.75, 3.05) is 20.1 Å². The van der Waals surface area contributed by atoms with Gasteiger partial charge in [-0.2, -0.15) is 0 Å². The van der Waals surface area contributed by atoms with Gasteiger partial charge in [-0.1, -0.05) is 12.1 Å². The van der Waals surface area contributed by atoms with Crippen LogP contribution >= 0.6 is 0 Å². The maximum absolute atomic E-state index is 12.8. The van der Waals surface area contributed by atoms with Gasteiger partial charge in [0.1, 0.15) is 5.82 Å². The molecule has 1 aliphatic heterocycles. The summed E-state index contributed by atoms with van der Waals surface area (Å²) in [5.41, 5.74) is 1.16. The van der Waals surface area contributed by atoms with E-state index < -0.39 is 0 Å². The Morgan fingerprint density at radius 2 is 2.00 bits per heavy atom. The predicted molar refractivity (Wildman–Crippen MR) is 68.4 cm³/mol. The molecule has 0 unspecified atom stereocenters. The van der Waals surface area contributed by atoms with Crippen LogP contribution in [0.3, 0.4) is 0 Å². The second-order valence-corrected chi connectivity index (χ2v) is 4.94. The minimum atomic E-state index is -0.162. The van der Waals surface area contributed by atoms with Crippen molar-refractivity contribution < 1.29 is 4.39 Å². The number of halogens is 1. The Hall–Kier alpha value is -0.930. The maximum Gasteiger partial charge on any atom is 0.123 e. The van der Waals surface area contributed by atoms with Crippen molar-refractivity contribution in [2.45, 2.75) is 31.8 Å². The summed E-state index contributed by atoms with van der Waals surface area (Å²) in [6.45, 7) is 3.21. The van der Waals surface area contributed by atoms with E-state index in [1.807, 2.05) is 12.1 Å². The summed E-state index contributed by atoms with van der Waals surface area (Å²) in [6, 6.07) is 7.36. The molecule has 3 heteroatoms. The molecule has 2 nitrogen and oxygen atoms in total. The van der Waals surface area contributed by atoms with Gasteiger partial charge in [-0.25, -0.2) is 4.39 Å². The Morgan fingerprint density at radius 1 is 1.24 bits per heavy atom. The number of benzene rings is 1. The molecule has 1 saturated heterocycles. The van der Waals surface area contributed by atoms with Crippen LogP contribution in [0.2, 0.25) is 0 Å². The van der Waals surface area contributed by atoms with E-state index in [2.05, 4.69) is 17.3 Å². The summed E-state index contributed by atoms with van der Waals surface area (Å²) < 4.78 is 12.8. The Balaban J connectivity index is 1.79. The van der Waals surface area contributed by atoms with Gasteiger partial charge in [-0.15, -0.1) is 0 Å². The first-order valence-electron chi connectivity index (χ1n) is 6.40. The molecule has 1 aromatic carbocycles. The van der Waals surface area contributed by atoms with Crippen LogP contribution in [0.1, 0.15) is 24.8 Å². The van der Waals surface area contributed by atoms with E-state index in [-0.39, 0.29) is 5.82 Å². The van der Waals surface area contributed by atoms with Gasteiger partial charge in [0.15, 0.2) is 0 Å². The zero-order valence-corrected chi connectivity index (χ0v) is 10.5. The molecule has 0 aliphatic carbocycles. The molecule has 1 atom stereocenters. The van der Waals surface area contributed by atoms with Crippen molar-refractivity contribution in [2.24, 2.45) is 0 Å². The second kappa shape index (κ2) is 6.12. The molecule has 1 fully saturated rings. The first kappa shape index (κ1) is 12.5. The van der Waals surface area contributed by atoms with Crippen LogP contribution in [0.5, 0.6) is 0 Å². The van der Waals surface area contributed by atoms with Crippen LogP contribution in [0.25, 0.3) is 0 Å². The highest BCUT2D eigenvalue weighted by Crippen LogP contribution is 2.10. The van der Waals surface area contributed by atoms with E-state index in [9.17, 15) is 4.39 Å². The molecule has 1 heterocycles. The molecule has 0 radical (unpaired) electrons. The SMILES string of the molecule is CN1CCC[C@@H](NCc2ccc(F)cc2)CC1. The average Bonchev–Trinajstić information content (AvgIpc) is 2.54. The predicted octanol–water partition coefficient (Wildman–Crippen LogP) is 2.40. The molecule has 0 aromatic heterocycles. The maximum atomic E-state index is 12.8. The summed E-state index contributed by atoms with van der Waals surface area (Å²) in [6.07, 6.45) is 3.71. The van der Waals surface area contributed by atoms with Crippen molar-refractivity contribution in [3.63, 3.8) is 0 Å². The lowest BCUT2D eigenvalue weighted by atomic mass is 10.1. The highest BCUT2D eigenvalue weighted by atomic mass is 19.1. The molecule has 2 rings (SSSR count). The fourth-order valence-electron chi connectivity index (χ4n) is 2.31. The molecule has 0 saturated carbocycles. The Labute approximate surface area is 103 Å². The van der Waals surface area contributed by atoms with Crippen LogP contribution in [-0.4, -0.2) is 31.1 Å². The van der Waals surface area contributed by atoms with Crippen LogP contribution in [-0.2, 0) is 6.54 Å². The normalized spacial score (nSPS) is 22.4. The highest BCUT2D eigenvalue weighted by Gasteiger charge is 2.13. The van der Waals surface area contributed by atoms with E-state index in [0.29, 0.717) is 6.04 Å². The highest BCUT2D eigenvalue weighted by molar-refractivity contribution is 5.15. The fraction of sp³-hybridized carbons (Fsp3) is 0.571. The third-order valence-corrected chi connectivity index (χ3v) is 3.46. The summed E-state index contributed by atoms with van der Waals surface area (Å²) >= 11 is 0.